The number of nitrogens with two attached hydrogens (primary N) is 2. The van der Waals surface area contributed by atoms with E-state index in [2.05, 4.69) is 15.9 Å². The molecule has 0 spiro atoms. The van der Waals surface area contributed by atoms with Gasteiger partial charge in [-0.15, -0.1) is 0 Å². The van der Waals surface area contributed by atoms with E-state index < -0.39 is 0 Å². The fraction of sp³-hybridized carbons (Fsp3) is 0.133. The minimum atomic E-state index is -0.179. The van der Waals surface area contributed by atoms with E-state index in [1.165, 1.54) is 7.11 Å². The van der Waals surface area contributed by atoms with Gasteiger partial charge in [0.1, 0.15) is 5.75 Å². The second-order valence-corrected chi connectivity index (χ2v) is 5.37. The maximum absolute atomic E-state index is 12.6. The zero-order chi connectivity index (χ0) is 14.9. The van der Waals surface area contributed by atoms with Crippen LogP contribution in [0.25, 0.3) is 0 Å². The van der Waals surface area contributed by atoms with Gasteiger partial charge in [-0.2, -0.15) is 0 Å². The Bertz CT molecular complexity index is 664. The van der Waals surface area contributed by atoms with Crippen LogP contribution >= 0.6 is 15.9 Å². The molecule has 0 atom stereocenters. The van der Waals surface area contributed by atoms with E-state index >= 15 is 0 Å². The monoisotopic (exact) mass is 334 g/mol. The van der Waals surface area contributed by atoms with Crippen LogP contribution in [0.5, 0.6) is 5.75 Å². The first-order valence-electron chi connectivity index (χ1n) is 5.97. The quantitative estimate of drug-likeness (QED) is 0.667. The first-order chi connectivity index (χ1) is 9.42. The van der Waals surface area contributed by atoms with E-state index in [1.807, 2.05) is 13.0 Å². The van der Waals surface area contributed by atoms with Gasteiger partial charge in [0.05, 0.1) is 12.7 Å². The van der Waals surface area contributed by atoms with Crippen LogP contribution < -0.4 is 16.2 Å². The highest BCUT2D eigenvalue weighted by atomic mass is 79.9. The molecular formula is C15H15BrN2O2. The van der Waals surface area contributed by atoms with Gasteiger partial charge < -0.3 is 16.2 Å². The number of hydrogen-bond acceptors (Lipinski definition) is 4. The average Bonchev–Trinajstić information content (AvgIpc) is 2.39. The molecule has 0 radical (unpaired) electrons. The first-order valence-corrected chi connectivity index (χ1v) is 6.76. The van der Waals surface area contributed by atoms with E-state index in [0.717, 1.165) is 10.0 Å². The minimum absolute atomic E-state index is 0.179. The Morgan fingerprint density at radius 2 is 1.70 bits per heavy atom. The van der Waals surface area contributed by atoms with E-state index in [1.54, 1.807) is 24.3 Å². The third-order valence-corrected chi connectivity index (χ3v) is 3.82. The third-order valence-electron chi connectivity index (χ3n) is 2.97. The highest BCUT2D eigenvalue weighted by molar-refractivity contribution is 9.10. The lowest BCUT2D eigenvalue weighted by atomic mass is 10.00. The molecule has 0 saturated heterocycles. The van der Waals surface area contributed by atoms with Crippen molar-refractivity contribution in [1.82, 2.24) is 0 Å². The highest BCUT2D eigenvalue weighted by Gasteiger charge is 2.17. The summed E-state index contributed by atoms with van der Waals surface area (Å²) in [7, 11) is 1.53. The lowest BCUT2D eigenvalue weighted by Gasteiger charge is -2.11. The summed E-state index contributed by atoms with van der Waals surface area (Å²) in [5.41, 5.74) is 14.3. The molecule has 0 aliphatic carbocycles. The molecule has 20 heavy (non-hydrogen) atoms. The fourth-order valence-corrected chi connectivity index (χ4v) is 2.31. The van der Waals surface area contributed by atoms with E-state index in [-0.39, 0.29) is 5.78 Å². The molecule has 0 aromatic heterocycles. The Labute approximate surface area is 125 Å². The van der Waals surface area contributed by atoms with Gasteiger partial charge in [-0.3, -0.25) is 4.79 Å². The van der Waals surface area contributed by atoms with Gasteiger partial charge in [0.2, 0.25) is 0 Å². The molecule has 0 unspecified atom stereocenters. The smallest absolute Gasteiger partial charge is 0.196 e. The van der Waals surface area contributed by atoms with Gasteiger partial charge in [-0.05, 0) is 42.8 Å². The van der Waals surface area contributed by atoms with Gasteiger partial charge >= 0.3 is 0 Å². The van der Waals surface area contributed by atoms with Crippen molar-refractivity contribution in [2.45, 2.75) is 6.92 Å². The van der Waals surface area contributed by atoms with Gasteiger partial charge in [0, 0.05) is 21.4 Å². The summed E-state index contributed by atoms with van der Waals surface area (Å²) in [5, 5.41) is 0. The maximum Gasteiger partial charge on any atom is 0.196 e. The number of aryl methyl sites for hydroxylation is 1. The lowest BCUT2D eigenvalue weighted by molar-refractivity contribution is 0.103. The molecule has 0 aliphatic heterocycles. The molecule has 0 bridgehead atoms. The van der Waals surface area contributed by atoms with E-state index in [9.17, 15) is 4.79 Å². The van der Waals surface area contributed by atoms with Crippen molar-refractivity contribution in [3.05, 3.63) is 51.5 Å². The van der Waals surface area contributed by atoms with Crippen molar-refractivity contribution in [2.24, 2.45) is 0 Å². The molecule has 104 valence electrons. The van der Waals surface area contributed by atoms with Crippen molar-refractivity contribution >= 4 is 33.1 Å². The van der Waals surface area contributed by atoms with Crippen molar-refractivity contribution in [3.63, 3.8) is 0 Å². The van der Waals surface area contributed by atoms with Crippen LogP contribution in [-0.2, 0) is 0 Å². The number of benzene rings is 2. The maximum atomic E-state index is 12.6. The highest BCUT2D eigenvalue weighted by Crippen LogP contribution is 2.29. The second-order valence-electron chi connectivity index (χ2n) is 4.52. The van der Waals surface area contributed by atoms with Gasteiger partial charge in [-0.1, -0.05) is 15.9 Å². The van der Waals surface area contributed by atoms with Crippen molar-refractivity contribution in [2.75, 3.05) is 18.6 Å². The van der Waals surface area contributed by atoms with Crippen LogP contribution in [0.2, 0.25) is 0 Å². The van der Waals surface area contributed by atoms with Crippen LogP contribution in [0, 0.1) is 6.92 Å². The van der Waals surface area contributed by atoms with Gasteiger partial charge in [-0.25, -0.2) is 0 Å². The molecule has 0 amide bonds. The summed E-state index contributed by atoms with van der Waals surface area (Å²) in [4.78, 5) is 12.6. The Morgan fingerprint density at radius 1 is 1.10 bits per heavy atom. The molecule has 0 fully saturated rings. The average molecular weight is 335 g/mol. The first kappa shape index (κ1) is 14.4. The summed E-state index contributed by atoms with van der Waals surface area (Å²) in [6, 6.07) is 8.37. The predicted octanol–water partition coefficient (Wildman–Crippen LogP) is 3.16. The standard InChI is InChI=1S/C15H15BrN2O2/c1-8-3-14(20-2)12(7-13(8)16)15(19)9-4-10(17)6-11(18)5-9/h3-7H,17-18H2,1-2H3. The van der Waals surface area contributed by atoms with Crippen LogP contribution in [0.15, 0.2) is 34.8 Å². The summed E-state index contributed by atoms with van der Waals surface area (Å²) in [6.07, 6.45) is 0. The van der Waals surface area contributed by atoms with Crippen molar-refractivity contribution in [3.8, 4) is 5.75 Å². The normalized spacial score (nSPS) is 10.3. The van der Waals surface area contributed by atoms with Crippen LogP contribution in [-0.4, -0.2) is 12.9 Å². The summed E-state index contributed by atoms with van der Waals surface area (Å²) in [5.74, 6) is 0.346. The number of ketones is 1. The second kappa shape index (κ2) is 5.54. The summed E-state index contributed by atoms with van der Waals surface area (Å²) < 4.78 is 6.13. The van der Waals surface area contributed by atoms with Gasteiger partial charge in [0.25, 0.3) is 0 Å². The molecule has 5 heteroatoms. The Kier molecular flexibility index (Phi) is 3.99. The zero-order valence-corrected chi connectivity index (χ0v) is 12.8. The Hall–Kier alpha value is -2.01. The molecule has 2 aromatic carbocycles. The number of ether oxygens (including phenoxy) is 1. The van der Waals surface area contributed by atoms with E-state index in [0.29, 0.717) is 28.3 Å². The SMILES string of the molecule is COc1cc(C)c(Br)cc1C(=O)c1cc(N)cc(N)c1. The minimum Gasteiger partial charge on any atom is -0.496 e. The third kappa shape index (κ3) is 2.77. The Balaban J connectivity index is 2.55. The lowest BCUT2D eigenvalue weighted by Crippen LogP contribution is -2.06. The zero-order valence-electron chi connectivity index (χ0n) is 11.2. The van der Waals surface area contributed by atoms with Crippen molar-refractivity contribution < 1.29 is 9.53 Å². The number of nitrogen functional groups attached to an aromatic ring is 2. The van der Waals surface area contributed by atoms with Crippen molar-refractivity contribution in [1.29, 1.82) is 0 Å². The number of anilines is 2. The molecular weight excluding hydrogens is 320 g/mol. The van der Waals surface area contributed by atoms with Gasteiger partial charge in [0.15, 0.2) is 5.78 Å². The molecule has 0 aliphatic rings. The Morgan fingerprint density at radius 3 is 2.25 bits per heavy atom. The number of methoxy groups -OCH3 is 1. The number of halogens is 1. The number of hydrogen-bond donors (Lipinski definition) is 2. The molecule has 2 rings (SSSR count). The summed E-state index contributed by atoms with van der Waals surface area (Å²) >= 11 is 3.42. The fourth-order valence-electron chi connectivity index (χ4n) is 1.96. The van der Waals surface area contributed by atoms with Crippen LogP contribution in [0.4, 0.5) is 11.4 Å². The van der Waals surface area contributed by atoms with Crippen LogP contribution in [0.1, 0.15) is 21.5 Å². The van der Waals surface area contributed by atoms with Crippen LogP contribution in [0.3, 0.4) is 0 Å². The molecule has 2 aromatic rings. The molecule has 4 nitrogen and oxygen atoms in total. The number of rotatable bonds is 3. The molecule has 0 saturated carbocycles. The number of carbonyl (C=O) groups is 1. The number of carbonyl (C=O) groups excluding carboxylic acids is 1. The topological polar surface area (TPSA) is 78.3 Å². The molecule has 4 N–H and O–H groups in total. The van der Waals surface area contributed by atoms with E-state index in [4.69, 9.17) is 16.2 Å². The predicted molar refractivity (Wildman–Crippen MR) is 84.1 cm³/mol. The largest absolute Gasteiger partial charge is 0.496 e. The summed E-state index contributed by atoms with van der Waals surface area (Å²) in [6.45, 7) is 1.93. The molecule has 0 heterocycles.